The molecule has 0 aromatic heterocycles. The maximum atomic E-state index is 12.2. The molecule has 25 heavy (non-hydrogen) atoms. The minimum absolute atomic E-state index is 0. The van der Waals surface area contributed by atoms with Gasteiger partial charge in [0.1, 0.15) is 0 Å². The molecular weight excluding hydrogens is 364 g/mol. The summed E-state index contributed by atoms with van der Waals surface area (Å²) >= 11 is 0. The maximum absolute atomic E-state index is 12.2. The normalized spacial score (nSPS) is 15.2. The van der Waals surface area contributed by atoms with Gasteiger partial charge in [-0.2, -0.15) is 0 Å². The summed E-state index contributed by atoms with van der Waals surface area (Å²) in [6.07, 6.45) is 1.46. The maximum Gasteiger partial charge on any atom is 0.251 e. The van der Waals surface area contributed by atoms with E-state index in [1.165, 1.54) is 18.2 Å². The molecule has 0 radical (unpaired) electrons. The van der Waals surface area contributed by atoms with Gasteiger partial charge in [0.15, 0.2) is 0 Å². The predicted octanol–water partition coefficient (Wildman–Crippen LogP) is 0.208. The van der Waals surface area contributed by atoms with E-state index in [9.17, 15) is 13.2 Å². The van der Waals surface area contributed by atoms with Crippen molar-refractivity contribution in [1.82, 2.24) is 20.3 Å². The van der Waals surface area contributed by atoms with Crippen LogP contribution in [-0.2, 0) is 10.0 Å². The van der Waals surface area contributed by atoms with Crippen molar-refractivity contribution in [3.05, 3.63) is 42.5 Å². The number of nitrogens with one attached hydrogen (secondary N) is 3. The lowest BCUT2D eigenvalue weighted by Gasteiger charge is -2.27. The second-order valence-electron chi connectivity index (χ2n) is 5.52. The number of hydrogen-bond donors (Lipinski definition) is 3. The fraction of sp³-hybridized carbons (Fsp3) is 0.438. The van der Waals surface area contributed by atoms with Crippen LogP contribution in [0.2, 0.25) is 0 Å². The Morgan fingerprint density at radius 1 is 1.32 bits per heavy atom. The molecule has 0 unspecified atom stereocenters. The number of rotatable bonds is 8. The van der Waals surface area contributed by atoms with Gasteiger partial charge in [0.25, 0.3) is 5.91 Å². The highest BCUT2D eigenvalue weighted by Gasteiger charge is 2.15. The molecule has 0 bridgehead atoms. The summed E-state index contributed by atoms with van der Waals surface area (Å²) < 4.78 is 26.6. The van der Waals surface area contributed by atoms with Crippen molar-refractivity contribution in [1.29, 1.82) is 0 Å². The number of halogens is 1. The van der Waals surface area contributed by atoms with Gasteiger partial charge in [-0.1, -0.05) is 12.1 Å². The molecule has 1 fully saturated rings. The molecule has 1 aliphatic heterocycles. The van der Waals surface area contributed by atoms with Crippen LogP contribution in [0, 0.1) is 0 Å². The number of nitrogens with zero attached hydrogens (tertiary/aromatic N) is 1. The molecule has 1 aromatic carbocycles. The van der Waals surface area contributed by atoms with Crippen molar-refractivity contribution < 1.29 is 13.2 Å². The summed E-state index contributed by atoms with van der Waals surface area (Å²) in [5.74, 6) is -0.272. The number of piperazine rings is 1. The summed E-state index contributed by atoms with van der Waals surface area (Å²) in [5, 5.41) is 6.11. The fourth-order valence-corrected chi connectivity index (χ4v) is 3.46. The molecule has 140 valence electrons. The van der Waals surface area contributed by atoms with Gasteiger partial charge < -0.3 is 10.6 Å². The van der Waals surface area contributed by atoms with Gasteiger partial charge in [-0.3, -0.25) is 9.69 Å². The summed E-state index contributed by atoms with van der Waals surface area (Å²) in [5.41, 5.74) is 0.330. The highest BCUT2D eigenvalue weighted by molar-refractivity contribution is 7.89. The average Bonchev–Trinajstić information content (AvgIpc) is 2.61. The molecule has 0 atom stereocenters. The molecular formula is C16H25ClN4O3S. The van der Waals surface area contributed by atoms with E-state index in [1.807, 2.05) is 0 Å². The van der Waals surface area contributed by atoms with Gasteiger partial charge in [-0.25, -0.2) is 13.1 Å². The fourth-order valence-electron chi connectivity index (χ4n) is 2.42. The largest absolute Gasteiger partial charge is 0.351 e. The zero-order valence-electron chi connectivity index (χ0n) is 14.0. The topological polar surface area (TPSA) is 90.5 Å². The van der Waals surface area contributed by atoms with Gasteiger partial charge >= 0.3 is 0 Å². The lowest BCUT2D eigenvalue weighted by molar-refractivity contribution is 0.0947. The van der Waals surface area contributed by atoms with E-state index in [0.717, 1.165) is 32.7 Å². The number of carbonyl (C=O) groups is 1. The van der Waals surface area contributed by atoms with Crippen molar-refractivity contribution in [2.45, 2.75) is 4.90 Å². The van der Waals surface area contributed by atoms with Crippen LogP contribution in [0.1, 0.15) is 10.4 Å². The van der Waals surface area contributed by atoms with Gasteiger partial charge in [-0.15, -0.1) is 19.0 Å². The van der Waals surface area contributed by atoms with E-state index in [-0.39, 0.29) is 29.8 Å². The first kappa shape index (κ1) is 21.6. The van der Waals surface area contributed by atoms with Crippen LogP contribution < -0.4 is 15.4 Å². The number of carbonyl (C=O) groups excluding carboxylic acids is 1. The van der Waals surface area contributed by atoms with Crippen LogP contribution in [0.25, 0.3) is 0 Å². The van der Waals surface area contributed by atoms with Crippen LogP contribution in [0.5, 0.6) is 0 Å². The Balaban J connectivity index is 0.00000312. The molecule has 0 aliphatic carbocycles. The Morgan fingerprint density at radius 2 is 2.04 bits per heavy atom. The molecule has 1 aromatic rings. The third-order valence-corrected chi connectivity index (χ3v) is 5.17. The Labute approximate surface area is 155 Å². The van der Waals surface area contributed by atoms with Crippen LogP contribution >= 0.6 is 12.4 Å². The Kier molecular flexibility index (Phi) is 9.09. The summed E-state index contributed by atoms with van der Waals surface area (Å²) in [4.78, 5) is 14.5. The van der Waals surface area contributed by atoms with Gasteiger partial charge in [-0.05, 0) is 18.2 Å². The molecule has 2 rings (SSSR count). The number of benzene rings is 1. The third-order valence-electron chi connectivity index (χ3n) is 3.75. The van der Waals surface area contributed by atoms with Crippen LogP contribution in [0.3, 0.4) is 0 Å². The quantitative estimate of drug-likeness (QED) is 0.554. The minimum atomic E-state index is -3.63. The molecule has 7 nitrogen and oxygen atoms in total. The highest BCUT2D eigenvalue weighted by Crippen LogP contribution is 2.11. The number of sulfonamides is 1. The van der Waals surface area contributed by atoms with Gasteiger partial charge in [0.05, 0.1) is 4.90 Å². The third kappa shape index (κ3) is 6.75. The van der Waals surface area contributed by atoms with Crippen molar-refractivity contribution in [2.24, 2.45) is 0 Å². The molecule has 1 aliphatic rings. The standard InChI is InChI=1S/C16H24N4O3S.ClH/c1-2-6-19-24(22,23)15-5-3-4-14(13-15)16(21)18-9-12-20-10-7-17-8-11-20;/h2-5,13,17,19H,1,6-12H2,(H,18,21);1H. The molecule has 0 saturated carbocycles. The van der Waals surface area contributed by atoms with Crippen molar-refractivity contribution in [2.75, 3.05) is 45.8 Å². The van der Waals surface area contributed by atoms with Crippen LogP contribution in [0.4, 0.5) is 0 Å². The molecule has 0 spiro atoms. The lowest BCUT2D eigenvalue weighted by atomic mass is 10.2. The smallest absolute Gasteiger partial charge is 0.251 e. The molecule has 1 amide bonds. The van der Waals surface area contributed by atoms with Crippen molar-refractivity contribution >= 4 is 28.3 Å². The van der Waals surface area contributed by atoms with E-state index in [1.54, 1.807) is 12.1 Å². The monoisotopic (exact) mass is 388 g/mol. The van der Waals surface area contributed by atoms with E-state index >= 15 is 0 Å². The number of hydrogen-bond acceptors (Lipinski definition) is 5. The zero-order chi connectivity index (χ0) is 17.4. The van der Waals surface area contributed by atoms with Gasteiger partial charge in [0.2, 0.25) is 10.0 Å². The van der Waals surface area contributed by atoms with E-state index in [2.05, 4.69) is 26.8 Å². The average molecular weight is 389 g/mol. The predicted molar refractivity (Wildman–Crippen MR) is 101 cm³/mol. The van der Waals surface area contributed by atoms with E-state index < -0.39 is 10.0 Å². The summed E-state index contributed by atoms with van der Waals surface area (Å²) in [6.45, 7) is 8.80. The first-order chi connectivity index (χ1) is 11.5. The van der Waals surface area contributed by atoms with E-state index in [4.69, 9.17) is 0 Å². The lowest BCUT2D eigenvalue weighted by Crippen LogP contribution is -2.46. The summed E-state index contributed by atoms with van der Waals surface area (Å²) in [6, 6.07) is 6.01. The van der Waals surface area contributed by atoms with Crippen molar-refractivity contribution in [3.63, 3.8) is 0 Å². The van der Waals surface area contributed by atoms with Gasteiger partial charge in [0, 0.05) is 51.4 Å². The molecule has 3 N–H and O–H groups in total. The van der Waals surface area contributed by atoms with Crippen molar-refractivity contribution in [3.8, 4) is 0 Å². The minimum Gasteiger partial charge on any atom is -0.351 e. The Morgan fingerprint density at radius 3 is 2.72 bits per heavy atom. The summed E-state index contributed by atoms with van der Waals surface area (Å²) in [7, 11) is -3.63. The van der Waals surface area contributed by atoms with E-state index in [0.29, 0.717) is 12.1 Å². The zero-order valence-corrected chi connectivity index (χ0v) is 15.7. The second-order valence-corrected chi connectivity index (χ2v) is 7.28. The number of amides is 1. The Hall–Kier alpha value is -1.45. The molecule has 1 saturated heterocycles. The SMILES string of the molecule is C=CCNS(=O)(=O)c1cccc(C(=O)NCCN2CCNCC2)c1.Cl. The highest BCUT2D eigenvalue weighted by atomic mass is 35.5. The van der Waals surface area contributed by atoms with Crippen LogP contribution in [0.15, 0.2) is 41.8 Å². The Bertz CT molecular complexity index is 676. The first-order valence-corrected chi connectivity index (χ1v) is 9.43. The second kappa shape index (κ2) is 10.5. The van der Waals surface area contributed by atoms with Crippen LogP contribution in [-0.4, -0.2) is 65.0 Å². The first-order valence-electron chi connectivity index (χ1n) is 7.95. The molecule has 1 heterocycles. The molecule has 9 heteroatoms.